The number of fused-ring (bicyclic) bond motifs is 1. The SMILES string of the molecule is C=C(C)[C@@H](N)c1cnn2cc([C@@H](NC(=O)OC(C)(C)C)C3CCC(F)(F)CC3)nc2c1. The van der Waals surface area contributed by atoms with Gasteiger partial charge in [-0.3, -0.25) is 0 Å². The fraction of sp³-hybridized carbons (Fsp3) is 0.591. The summed E-state index contributed by atoms with van der Waals surface area (Å²) in [5, 5.41) is 7.22. The summed E-state index contributed by atoms with van der Waals surface area (Å²) < 4.78 is 34.4. The second kappa shape index (κ2) is 8.53. The number of carbonyl (C=O) groups excluding carboxylic acids is 1. The molecule has 31 heavy (non-hydrogen) atoms. The Labute approximate surface area is 181 Å². The van der Waals surface area contributed by atoms with Crippen LogP contribution in [0.5, 0.6) is 0 Å². The van der Waals surface area contributed by atoms with Gasteiger partial charge in [0.2, 0.25) is 5.92 Å². The van der Waals surface area contributed by atoms with Gasteiger partial charge in [-0.05, 0) is 58.1 Å². The summed E-state index contributed by atoms with van der Waals surface area (Å²) in [5.74, 6) is -2.85. The maximum Gasteiger partial charge on any atom is 0.408 e. The second-order valence-electron chi connectivity index (χ2n) is 9.40. The monoisotopic (exact) mass is 435 g/mol. The van der Waals surface area contributed by atoms with Crippen molar-refractivity contribution in [1.29, 1.82) is 0 Å². The standard InChI is InChI=1S/C22H31F2N5O2/c1-13(2)18(25)15-10-17-27-16(12-29(17)26-11-15)19(28-20(30)31-21(3,4)5)14-6-8-22(23,24)9-7-14/h10-12,14,18-19H,1,6-9,25H2,2-5H3,(H,28,30)/t18-,19+/m1/s1. The van der Waals surface area contributed by atoms with E-state index in [4.69, 9.17) is 10.5 Å². The third-order valence-corrected chi connectivity index (χ3v) is 5.47. The third kappa shape index (κ3) is 5.78. The Kier molecular flexibility index (Phi) is 6.36. The summed E-state index contributed by atoms with van der Waals surface area (Å²) >= 11 is 0. The molecule has 1 amide bonds. The Morgan fingerprint density at radius 1 is 1.39 bits per heavy atom. The molecule has 2 aromatic heterocycles. The van der Waals surface area contributed by atoms with Crippen LogP contribution in [0.3, 0.4) is 0 Å². The lowest BCUT2D eigenvalue weighted by molar-refractivity contribution is -0.0500. The Morgan fingerprint density at radius 3 is 2.61 bits per heavy atom. The number of hydrogen-bond acceptors (Lipinski definition) is 5. The van der Waals surface area contributed by atoms with Crippen molar-refractivity contribution in [3.05, 3.63) is 41.9 Å². The fourth-order valence-electron chi connectivity index (χ4n) is 3.78. The van der Waals surface area contributed by atoms with Gasteiger partial charge in [-0.2, -0.15) is 5.10 Å². The predicted molar refractivity (Wildman–Crippen MR) is 114 cm³/mol. The largest absolute Gasteiger partial charge is 0.444 e. The van der Waals surface area contributed by atoms with E-state index in [9.17, 15) is 13.6 Å². The number of halogens is 2. The van der Waals surface area contributed by atoms with Crippen LogP contribution in [0.25, 0.3) is 5.65 Å². The van der Waals surface area contributed by atoms with Gasteiger partial charge in [0, 0.05) is 12.8 Å². The van der Waals surface area contributed by atoms with E-state index < -0.39 is 23.7 Å². The van der Waals surface area contributed by atoms with Crippen molar-refractivity contribution >= 4 is 11.7 Å². The highest BCUT2D eigenvalue weighted by Crippen LogP contribution is 2.41. The molecule has 3 N–H and O–H groups in total. The predicted octanol–water partition coefficient (Wildman–Crippen LogP) is 4.70. The number of aromatic nitrogens is 3. The lowest BCUT2D eigenvalue weighted by Crippen LogP contribution is -2.40. The van der Waals surface area contributed by atoms with Crippen molar-refractivity contribution in [3.8, 4) is 0 Å². The van der Waals surface area contributed by atoms with Crippen LogP contribution in [0.4, 0.5) is 13.6 Å². The van der Waals surface area contributed by atoms with Crippen molar-refractivity contribution in [1.82, 2.24) is 19.9 Å². The normalized spacial score (nSPS) is 19.1. The van der Waals surface area contributed by atoms with Crippen LogP contribution in [0.15, 0.2) is 30.6 Å². The number of nitrogens with zero attached hydrogens (tertiary/aromatic N) is 3. The van der Waals surface area contributed by atoms with Crippen molar-refractivity contribution in [3.63, 3.8) is 0 Å². The van der Waals surface area contributed by atoms with Crippen LogP contribution in [0, 0.1) is 5.92 Å². The molecule has 1 aliphatic rings. The van der Waals surface area contributed by atoms with Gasteiger partial charge in [-0.1, -0.05) is 12.2 Å². The van der Waals surface area contributed by atoms with E-state index in [1.54, 1.807) is 37.7 Å². The third-order valence-electron chi connectivity index (χ3n) is 5.47. The summed E-state index contributed by atoms with van der Waals surface area (Å²) in [4.78, 5) is 17.1. The van der Waals surface area contributed by atoms with Gasteiger partial charge in [-0.15, -0.1) is 0 Å². The van der Waals surface area contributed by atoms with E-state index in [1.807, 2.05) is 13.0 Å². The Morgan fingerprint density at radius 2 is 2.03 bits per heavy atom. The fourth-order valence-corrected chi connectivity index (χ4v) is 3.78. The van der Waals surface area contributed by atoms with Crippen LogP contribution in [-0.4, -0.2) is 32.2 Å². The van der Waals surface area contributed by atoms with E-state index in [0.717, 1.165) is 11.1 Å². The van der Waals surface area contributed by atoms with Crippen LogP contribution in [0.1, 0.15) is 76.7 Å². The lowest BCUT2D eigenvalue weighted by atomic mass is 9.81. The molecule has 2 aromatic rings. The molecule has 3 rings (SSSR count). The van der Waals surface area contributed by atoms with E-state index in [2.05, 4.69) is 22.0 Å². The molecule has 2 heterocycles. The molecule has 0 aliphatic heterocycles. The molecule has 0 aromatic carbocycles. The highest BCUT2D eigenvalue weighted by Gasteiger charge is 2.39. The van der Waals surface area contributed by atoms with Gasteiger partial charge in [0.25, 0.3) is 0 Å². The highest BCUT2D eigenvalue weighted by atomic mass is 19.3. The number of hydrogen-bond donors (Lipinski definition) is 2. The molecule has 1 aliphatic carbocycles. The molecule has 7 nitrogen and oxygen atoms in total. The molecule has 9 heteroatoms. The first-order valence-corrected chi connectivity index (χ1v) is 10.5. The first kappa shape index (κ1) is 23.1. The minimum atomic E-state index is -2.67. The first-order valence-electron chi connectivity index (χ1n) is 10.5. The van der Waals surface area contributed by atoms with Gasteiger partial charge in [0.15, 0.2) is 5.65 Å². The smallest absolute Gasteiger partial charge is 0.408 e. The molecule has 1 fully saturated rings. The number of carbonyl (C=O) groups is 1. The van der Waals surface area contributed by atoms with Crippen LogP contribution >= 0.6 is 0 Å². The summed E-state index contributed by atoms with van der Waals surface area (Å²) in [7, 11) is 0. The average Bonchev–Trinajstić information content (AvgIpc) is 3.07. The maximum atomic E-state index is 13.7. The molecule has 170 valence electrons. The summed E-state index contributed by atoms with van der Waals surface area (Å²) in [6.45, 7) is 11.0. The number of imidazole rings is 1. The molecule has 1 saturated carbocycles. The van der Waals surface area contributed by atoms with Crippen molar-refractivity contribution < 1.29 is 18.3 Å². The molecule has 0 spiro atoms. The number of amides is 1. The van der Waals surface area contributed by atoms with Gasteiger partial charge in [0.1, 0.15) is 5.60 Å². The number of ether oxygens (including phenoxy) is 1. The molecular weight excluding hydrogens is 404 g/mol. The molecule has 0 bridgehead atoms. The Bertz CT molecular complexity index is 956. The number of nitrogens with two attached hydrogens (primary N) is 1. The number of nitrogens with one attached hydrogen (secondary N) is 1. The zero-order valence-electron chi connectivity index (χ0n) is 18.5. The van der Waals surface area contributed by atoms with E-state index in [0.29, 0.717) is 11.3 Å². The van der Waals surface area contributed by atoms with E-state index in [1.165, 1.54) is 0 Å². The van der Waals surface area contributed by atoms with Crippen LogP contribution in [0.2, 0.25) is 0 Å². The van der Waals surface area contributed by atoms with Gasteiger partial charge >= 0.3 is 6.09 Å². The Balaban J connectivity index is 1.91. The number of alkyl halides is 2. The topological polar surface area (TPSA) is 94.5 Å². The van der Waals surface area contributed by atoms with Gasteiger partial charge in [0.05, 0.1) is 30.2 Å². The molecule has 0 saturated heterocycles. The van der Waals surface area contributed by atoms with Gasteiger partial charge in [-0.25, -0.2) is 23.1 Å². The summed E-state index contributed by atoms with van der Waals surface area (Å²) in [5.41, 5.74) is 8.14. The maximum absolute atomic E-state index is 13.7. The van der Waals surface area contributed by atoms with Crippen LogP contribution in [-0.2, 0) is 4.74 Å². The second-order valence-corrected chi connectivity index (χ2v) is 9.40. The molecule has 0 unspecified atom stereocenters. The highest BCUT2D eigenvalue weighted by molar-refractivity contribution is 5.68. The number of alkyl carbamates (subject to hydrolysis) is 1. The average molecular weight is 436 g/mol. The minimum absolute atomic E-state index is 0.186. The lowest BCUT2D eigenvalue weighted by Gasteiger charge is -2.33. The van der Waals surface area contributed by atoms with Crippen molar-refractivity contribution in [2.24, 2.45) is 11.7 Å². The van der Waals surface area contributed by atoms with Gasteiger partial charge < -0.3 is 15.8 Å². The molecular formula is C22H31F2N5O2. The molecule has 0 radical (unpaired) electrons. The molecule has 2 atom stereocenters. The summed E-state index contributed by atoms with van der Waals surface area (Å²) in [6.07, 6.45) is 2.88. The Hall–Kier alpha value is -2.55. The minimum Gasteiger partial charge on any atom is -0.444 e. The van der Waals surface area contributed by atoms with Crippen molar-refractivity contribution in [2.45, 2.75) is 77.0 Å². The quantitative estimate of drug-likeness (QED) is 0.664. The first-order chi connectivity index (χ1) is 14.3. The zero-order chi connectivity index (χ0) is 23.0. The van der Waals surface area contributed by atoms with Crippen LogP contribution < -0.4 is 11.1 Å². The van der Waals surface area contributed by atoms with E-state index in [-0.39, 0.29) is 37.6 Å². The zero-order valence-corrected chi connectivity index (χ0v) is 18.5. The van der Waals surface area contributed by atoms with E-state index >= 15 is 0 Å². The van der Waals surface area contributed by atoms with Crippen molar-refractivity contribution in [2.75, 3.05) is 0 Å². The number of rotatable bonds is 5. The summed E-state index contributed by atoms with van der Waals surface area (Å²) in [6, 6.07) is 0.884.